The molecular weight excluding hydrogens is 202 g/mol. The Kier molecular flexibility index (Phi) is 3.77. The van der Waals surface area contributed by atoms with Crippen LogP contribution in [0.5, 0.6) is 5.75 Å². The minimum absolute atomic E-state index is 0.0330. The highest BCUT2D eigenvalue weighted by molar-refractivity contribution is 6.29. The molecule has 0 heterocycles. The summed E-state index contributed by atoms with van der Waals surface area (Å²) in [6.07, 6.45) is 0. The van der Waals surface area contributed by atoms with Crippen molar-refractivity contribution in [1.82, 2.24) is 0 Å². The van der Waals surface area contributed by atoms with Crippen molar-refractivity contribution in [1.29, 1.82) is 0 Å². The molecule has 0 aliphatic carbocycles. The highest BCUT2D eigenvalue weighted by Crippen LogP contribution is 2.18. The van der Waals surface area contributed by atoms with Crippen molar-refractivity contribution >= 4 is 23.2 Å². The number of halogens is 1. The molecule has 0 fully saturated rings. The van der Waals surface area contributed by atoms with Gasteiger partial charge < -0.3 is 10.0 Å². The predicted molar refractivity (Wildman–Crippen MR) is 56.9 cm³/mol. The highest BCUT2D eigenvalue weighted by Gasteiger charge is 2.11. The van der Waals surface area contributed by atoms with Gasteiger partial charge in [0.25, 0.3) is 0 Å². The van der Waals surface area contributed by atoms with Crippen molar-refractivity contribution in [3.8, 4) is 5.75 Å². The standard InChI is InChI=1S/C10H12ClNO2/c1-2-12(10(14)7-11)8-3-5-9(13)6-4-8/h3-6,13H,2,7H2,1H3. The average molecular weight is 214 g/mol. The van der Waals surface area contributed by atoms with Crippen LogP contribution in [0.4, 0.5) is 5.69 Å². The van der Waals surface area contributed by atoms with Gasteiger partial charge in [-0.3, -0.25) is 4.79 Å². The van der Waals surface area contributed by atoms with Gasteiger partial charge in [-0.15, -0.1) is 11.6 Å². The zero-order valence-corrected chi connectivity index (χ0v) is 8.66. The van der Waals surface area contributed by atoms with Crippen LogP contribution < -0.4 is 4.90 Å². The molecule has 1 rings (SSSR count). The molecule has 1 aromatic rings. The van der Waals surface area contributed by atoms with E-state index in [4.69, 9.17) is 16.7 Å². The molecular formula is C10H12ClNO2. The van der Waals surface area contributed by atoms with Crippen LogP contribution >= 0.6 is 11.6 Å². The number of rotatable bonds is 3. The Hall–Kier alpha value is -1.22. The molecule has 14 heavy (non-hydrogen) atoms. The number of anilines is 1. The van der Waals surface area contributed by atoms with E-state index in [1.54, 1.807) is 29.2 Å². The minimum atomic E-state index is -0.139. The van der Waals surface area contributed by atoms with E-state index in [0.717, 1.165) is 5.69 Å². The summed E-state index contributed by atoms with van der Waals surface area (Å²) in [7, 11) is 0. The fourth-order valence-electron chi connectivity index (χ4n) is 1.21. The SMILES string of the molecule is CCN(C(=O)CCl)c1ccc(O)cc1. The van der Waals surface area contributed by atoms with Crippen molar-refractivity contribution in [2.75, 3.05) is 17.3 Å². The second-order valence-electron chi connectivity index (χ2n) is 2.79. The summed E-state index contributed by atoms with van der Waals surface area (Å²) in [6.45, 7) is 2.44. The van der Waals surface area contributed by atoms with Crippen molar-refractivity contribution in [2.24, 2.45) is 0 Å². The number of hydrogen-bond acceptors (Lipinski definition) is 2. The summed E-state index contributed by atoms with van der Waals surface area (Å²) in [4.78, 5) is 12.9. The number of phenolic OH excluding ortho intramolecular Hbond substituents is 1. The van der Waals surface area contributed by atoms with Gasteiger partial charge in [0.2, 0.25) is 5.91 Å². The second kappa shape index (κ2) is 4.86. The van der Waals surface area contributed by atoms with Crippen molar-refractivity contribution in [3.63, 3.8) is 0 Å². The molecule has 76 valence electrons. The zero-order valence-electron chi connectivity index (χ0n) is 7.90. The van der Waals surface area contributed by atoms with Gasteiger partial charge in [0.1, 0.15) is 11.6 Å². The fourth-order valence-corrected chi connectivity index (χ4v) is 1.35. The van der Waals surface area contributed by atoms with E-state index in [0.29, 0.717) is 6.54 Å². The molecule has 0 spiro atoms. The first-order valence-corrected chi connectivity index (χ1v) is 4.87. The molecule has 0 unspecified atom stereocenters. The number of amides is 1. The van der Waals surface area contributed by atoms with Gasteiger partial charge in [-0.2, -0.15) is 0 Å². The Morgan fingerprint density at radius 3 is 2.43 bits per heavy atom. The van der Waals surface area contributed by atoms with E-state index >= 15 is 0 Å². The quantitative estimate of drug-likeness (QED) is 0.781. The van der Waals surface area contributed by atoms with Crippen LogP contribution in [0.3, 0.4) is 0 Å². The van der Waals surface area contributed by atoms with E-state index in [1.165, 1.54) is 0 Å². The Bertz CT molecular complexity index is 310. The fraction of sp³-hybridized carbons (Fsp3) is 0.300. The number of benzene rings is 1. The number of alkyl halides is 1. The van der Waals surface area contributed by atoms with Crippen LogP contribution in [-0.2, 0) is 4.79 Å². The summed E-state index contributed by atoms with van der Waals surface area (Å²) in [6, 6.07) is 6.45. The number of aromatic hydroxyl groups is 1. The lowest BCUT2D eigenvalue weighted by Crippen LogP contribution is -2.31. The normalized spacial score (nSPS) is 9.86. The Morgan fingerprint density at radius 2 is 2.00 bits per heavy atom. The molecule has 0 atom stereocenters. The van der Waals surface area contributed by atoms with Gasteiger partial charge in [-0.05, 0) is 31.2 Å². The third-order valence-electron chi connectivity index (χ3n) is 1.89. The third-order valence-corrected chi connectivity index (χ3v) is 2.12. The van der Waals surface area contributed by atoms with E-state index in [-0.39, 0.29) is 17.5 Å². The molecule has 0 bridgehead atoms. The molecule has 0 saturated heterocycles. The summed E-state index contributed by atoms with van der Waals surface area (Å²) in [5.74, 6) is 0.0114. The number of phenols is 1. The average Bonchev–Trinajstić information content (AvgIpc) is 2.21. The summed E-state index contributed by atoms with van der Waals surface area (Å²) < 4.78 is 0. The second-order valence-corrected chi connectivity index (χ2v) is 3.06. The lowest BCUT2D eigenvalue weighted by Gasteiger charge is -2.19. The predicted octanol–water partition coefficient (Wildman–Crippen LogP) is 1.98. The van der Waals surface area contributed by atoms with Crippen LogP contribution in [-0.4, -0.2) is 23.4 Å². The van der Waals surface area contributed by atoms with Crippen LogP contribution in [0.2, 0.25) is 0 Å². The summed E-state index contributed by atoms with van der Waals surface area (Å²) >= 11 is 5.47. The van der Waals surface area contributed by atoms with Gasteiger partial charge in [-0.1, -0.05) is 0 Å². The number of carbonyl (C=O) groups is 1. The summed E-state index contributed by atoms with van der Waals surface area (Å²) in [5, 5.41) is 9.08. The topological polar surface area (TPSA) is 40.5 Å². The molecule has 0 saturated carbocycles. The van der Waals surface area contributed by atoms with E-state index in [2.05, 4.69) is 0 Å². The molecule has 4 heteroatoms. The van der Waals surface area contributed by atoms with Crippen LogP contribution in [0, 0.1) is 0 Å². The number of carbonyl (C=O) groups excluding carboxylic acids is 1. The van der Waals surface area contributed by atoms with Crippen molar-refractivity contribution < 1.29 is 9.90 Å². The maximum absolute atomic E-state index is 11.4. The lowest BCUT2D eigenvalue weighted by atomic mass is 10.2. The van der Waals surface area contributed by atoms with Gasteiger partial charge >= 0.3 is 0 Å². The minimum Gasteiger partial charge on any atom is -0.508 e. The molecule has 0 aromatic heterocycles. The molecule has 0 aliphatic heterocycles. The maximum atomic E-state index is 11.4. The third kappa shape index (κ3) is 2.39. The van der Waals surface area contributed by atoms with E-state index in [9.17, 15) is 4.79 Å². The maximum Gasteiger partial charge on any atom is 0.241 e. The molecule has 0 radical (unpaired) electrons. The first kappa shape index (κ1) is 10.9. The molecule has 1 aromatic carbocycles. The van der Waals surface area contributed by atoms with Crippen molar-refractivity contribution in [2.45, 2.75) is 6.92 Å². The van der Waals surface area contributed by atoms with Gasteiger partial charge in [-0.25, -0.2) is 0 Å². The van der Waals surface area contributed by atoms with Gasteiger partial charge in [0.05, 0.1) is 0 Å². The first-order valence-electron chi connectivity index (χ1n) is 4.34. The molecule has 1 amide bonds. The Balaban J connectivity index is 2.89. The van der Waals surface area contributed by atoms with Gasteiger partial charge in [0, 0.05) is 12.2 Å². The Labute approximate surface area is 87.9 Å². The lowest BCUT2D eigenvalue weighted by molar-refractivity contribution is -0.116. The molecule has 1 N–H and O–H groups in total. The smallest absolute Gasteiger partial charge is 0.241 e. The van der Waals surface area contributed by atoms with Crippen molar-refractivity contribution in [3.05, 3.63) is 24.3 Å². The monoisotopic (exact) mass is 213 g/mol. The molecule has 0 aliphatic rings. The van der Waals surface area contributed by atoms with Crippen LogP contribution in [0.1, 0.15) is 6.92 Å². The summed E-state index contributed by atoms with van der Waals surface area (Å²) in [5.41, 5.74) is 0.746. The molecule has 3 nitrogen and oxygen atoms in total. The largest absolute Gasteiger partial charge is 0.508 e. The number of hydrogen-bond donors (Lipinski definition) is 1. The Morgan fingerprint density at radius 1 is 1.43 bits per heavy atom. The van der Waals surface area contributed by atoms with Gasteiger partial charge in [0.15, 0.2) is 0 Å². The van der Waals surface area contributed by atoms with Crippen LogP contribution in [0.15, 0.2) is 24.3 Å². The first-order chi connectivity index (χ1) is 6.69. The van der Waals surface area contributed by atoms with E-state index < -0.39 is 0 Å². The zero-order chi connectivity index (χ0) is 10.6. The number of nitrogens with zero attached hydrogens (tertiary/aromatic N) is 1. The highest BCUT2D eigenvalue weighted by atomic mass is 35.5. The van der Waals surface area contributed by atoms with E-state index in [1.807, 2.05) is 6.92 Å². The van der Waals surface area contributed by atoms with Crippen LogP contribution in [0.25, 0.3) is 0 Å².